The van der Waals surface area contributed by atoms with Gasteiger partial charge in [-0.3, -0.25) is 4.79 Å². The average Bonchev–Trinajstić information content (AvgIpc) is 2.26. The molecule has 0 saturated heterocycles. The number of carbonyl (C=O) groups excluding carboxylic acids is 1. The molecule has 0 aliphatic carbocycles. The van der Waals surface area contributed by atoms with Gasteiger partial charge in [0.15, 0.2) is 0 Å². The van der Waals surface area contributed by atoms with Crippen molar-refractivity contribution in [1.82, 2.24) is 5.32 Å². The summed E-state index contributed by atoms with van der Waals surface area (Å²) in [5.41, 5.74) is 7.87. The molecular formula is C14H22N2OS. The van der Waals surface area contributed by atoms with Gasteiger partial charge in [-0.05, 0) is 39.3 Å². The van der Waals surface area contributed by atoms with Gasteiger partial charge in [-0.2, -0.15) is 0 Å². The van der Waals surface area contributed by atoms with Crippen LogP contribution in [-0.4, -0.2) is 23.7 Å². The third-order valence-corrected chi connectivity index (χ3v) is 3.60. The summed E-state index contributed by atoms with van der Waals surface area (Å²) in [7, 11) is 0. The Morgan fingerprint density at radius 2 is 2.06 bits per heavy atom. The van der Waals surface area contributed by atoms with Crippen LogP contribution >= 0.6 is 11.8 Å². The highest BCUT2D eigenvalue weighted by atomic mass is 32.2. The van der Waals surface area contributed by atoms with Crippen molar-refractivity contribution in [1.29, 1.82) is 0 Å². The summed E-state index contributed by atoms with van der Waals surface area (Å²) in [6, 6.07) is 6.27. The van der Waals surface area contributed by atoms with Crippen LogP contribution in [0.4, 0.5) is 0 Å². The molecule has 0 aliphatic rings. The molecular weight excluding hydrogens is 244 g/mol. The summed E-state index contributed by atoms with van der Waals surface area (Å²) < 4.78 is 0. The summed E-state index contributed by atoms with van der Waals surface area (Å²) in [6.45, 7) is 8.40. The zero-order valence-corrected chi connectivity index (χ0v) is 12.4. The summed E-state index contributed by atoms with van der Waals surface area (Å²) in [5, 5.41) is 2.84. The molecule has 1 rings (SSSR count). The van der Waals surface area contributed by atoms with Gasteiger partial charge in [0.05, 0.1) is 5.75 Å². The summed E-state index contributed by atoms with van der Waals surface area (Å²) >= 11 is 1.57. The fourth-order valence-corrected chi connectivity index (χ4v) is 2.34. The average molecular weight is 266 g/mol. The molecule has 3 N–H and O–H groups in total. The van der Waals surface area contributed by atoms with Gasteiger partial charge in [0.2, 0.25) is 5.91 Å². The molecule has 0 bridgehead atoms. The minimum atomic E-state index is -0.362. The number of rotatable bonds is 5. The van der Waals surface area contributed by atoms with E-state index in [1.807, 2.05) is 13.8 Å². The van der Waals surface area contributed by atoms with Crippen molar-refractivity contribution in [3.05, 3.63) is 29.3 Å². The monoisotopic (exact) mass is 266 g/mol. The van der Waals surface area contributed by atoms with Crippen molar-refractivity contribution < 1.29 is 4.79 Å². The zero-order chi connectivity index (χ0) is 13.8. The number of nitrogens with two attached hydrogens (primary N) is 1. The van der Waals surface area contributed by atoms with Gasteiger partial charge in [-0.15, -0.1) is 11.8 Å². The van der Waals surface area contributed by atoms with Crippen LogP contribution in [0.25, 0.3) is 0 Å². The van der Waals surface area contributed by atoms with Crippen molar-refractivity contribution >= 4 is 17.7 Å². The topological polar surface area (TPSA) is 55.1 Å². The number of hydrogen-bond donors (Lipinski definition) is 2. The molecule has 0 radical (unpaired) electrons. The minimum Gasteiger partial charge on any atom is -0.354 e. The molecule has 100 valence electrons. The van der Waals surface area contributed by atoms with Crippen LogP contribution in [0.2, 0.25) is 0 Å². The maximum atomic E-state index is 11.7. The van der Waals surface area contributed by atoms with Crippen molar-refractivity contribution in [2.75, 3.05) is 12.3 Å². The highest BCUT2D eigenvalue weighted by Gasteiger charge is 2.12. The van der Waals surface area contributed by atoms with E-state index in [9.17, 15) is 4.79 Å². The molecule has 0 unspecified atom stereocenters. The second kappa shape index (κ2) is 6.25. The molecule has 0 aliphatic heterocycles. The van der Waals surface area contributed by atoms with Crippen molar-refractivity contribution in [2.24, 2.45) is 5.73 Å². The molecule has 3 nitrogen and oxygen atoms in total. The highest BCUT2D eigenvalue weighted by Crippen LogP contribution is 2.23. The van der Waals surface area contributed by atoms with Crippen LogP contribution in [0.3, 0.4) is 0 Å². The Balaban J connectivity index is 2.45. The molecule has 0 fully saturated rings. The first-order valence-electron chi connectivity index (χ1n) is 6.03. The maximum Gasteiger partial charge on any atom is 0.230 e. The van der Waals surface area contributed by atoms with Crippen LogP contribution in [0, 0.1) is 13.8 Å². The molecule has 0 saturated carbocycles. The van der Waals surface area contributed by atoms with Gasteiger partial charge < -0.3 is 11.1 Å². The summed E-state index contributed by atoms with van der Waals surface area (Å²) in [4.78, 5) is 12.8. The van der Waals surface area contributed by atoms with Gasteiger partial charge in [0.1, 0.15) is 0 Å². The fourth-order valence-electron chi connectivity index (χ4n) is 1.38. The van der Waals surface area contributed by atoms with E-state index < -0.39 is 0 Å². The highest BCUT2D eigenvalue weighted by molar-refractivity contribution is 8.00. The van der Waals surface area contributed by atoms with Gasteiger partial charge in [-0.25, -0.2) is 0 Å². The minimum absolute atomic E-state index is 0.0273. The van der Waals surface area contributed by atoms with Gasteiger partial charge in [0, 0.05) is 17.0 Å². The molecule has 1 aromatic carbocycles. The Morgan fingerprint density at radius 1 is 1.39 bits per heavy atom. The van der Waals surface area contributed by atoms with E-state index in [0.717, 1.165) is 4.90 Å². The first-order valence-corrected chi connectivity index (χ1v) is 7.02. The van der Waals surface area contributed by atoms with E-state index in [1.54, 1.807) is 11.8 Å². The normalized spacial score (nSPS) is 11.4. The first-order chi connectivity index (χ1) is 8.28. The van der Waals surface area contributed by atoms with Gasteiger partial charge in [0.25, 0.3) is 0 Å². The SMILES string of the molecule is Cc1ccc(C)c(SCC(=O)NCC(C)(C)N)c1. The Labute approximate surface area is 114 Å². The van der Waals surface area contributed by atoms with E-state index in [0.29, 0.717) is 12.3 Å². The Bertz CT molecular complexity index is 424. The molecule has 0 atom stereocenters. The van der Waals surface area contributed by atoms with Gasteiger partial charge in [-0.1, -0.05) is 17.7 Å². The first kappa shape index (κ1) is 15.1. The predicted octanol–water partition coefficient (Wildman–Crippen LogP) is 2.25. The number of thioether (sulfide) groups is 1. The second-order valence-electron chi connectivity index (χ2n) is 5.32. The lowest BCUT2D eigenvalue weighted by Gasteiger charge is -2.18. The molecule has 1 aromatic rings. The lowest BCUT2D eigenvalue weighted by Crippen LogP contribution is -2.45. The van der Waals surface area contributed by atoms with E-state index >= 15 is 0 Å². The van der Waals surface area contributed by atoms with Crippen LogP contribution in [0.5, 0.6) is 0 Å². The fraction of sp³-hybridized carbons (Fsp3) is 0.500. The number of benzene rings is 1. The number of hydrogen-bond acceptors (Lipinski definition) is 3. The number of nitrogens with one attached hydrogen (secondary N) is 1. The quantitative estimate of drug-likeness (QED) is 0.804. The summed E-state index contributed by atoms with van der Waals surface area (Å²) in [5.74, 6) is 0.458. The van der Waals surface area contributed by atoms with E-state index in [-0.39, 0.29) is 11.4 Å². The third-order valence-electron chi connectivity index (χ3n) is 2.44. The van der Waals surface area contributed by atoms with E-state index in [4.69, 9.17) is 5.73 Å². The van der Waals surface area contributed by atoms with Gasteiger partial charge >= 0.3 is 0 Å². The largest absolute Gasteiger partial charge is 0.354 e. The lowest BCUT2D eigenvalue weighted by molar-refractivity contribution is -0.118. The van der Waals surface area contributed by atoms with Crippen molar-refractivity contribution in [3.8, 4) is 0 Å². The summed E-state index contributed by atoms with van der Waals surface area (Å²) in [6.07, 6.45) is 0. The lowest BCUT2D eigenvalue weighted by atomic mass is 10.1. The second-order valence-corrected chi connectivity index (χ2v) is 6.34. The number of carbonyl (C=O) groups is 1. The van der Waals surface area contributed by atoms with Crippen LogP contribution in [-0.2, 0) is 4.79 Å². The van der Waals surface area contributed by atoms with Crippen molar-refractivity contribution in [2.45, 2.75) is 38.1 Å². The van der Waals surface area contributed by atoms with Crippen LogP contribution < -0.4 is 11.1 Å². The molecule has 18 heavy (non-hydrogen) atoms. The molecule has 0 spiro atoms. The number of aryl methyl sites for hydroxylation is 2. The van der Waals surface area contributed by atoms with Crippen LogP contribution in [0.15, 0.2) is 23.1 Å². The number of amides is 1. The zero-order valence-electron chi connectivity index (χ0n) is 11.5. The Kier molecular flexibility index (Phi) is 5.23. The van der Waals surface area contributed by atoms with Crippen LogP contribution in [0.1, 0.15) is 25.0 Å². The maximum absolute atomic E-state index is 11.7. The third kappa shape index (κ3) is 5.56. The Hall–Kier alpha value is -1.00. The molecule has 1 amide bonds. The smallest absolute Gasteiger partial charge is 0.230 e. The molecule has 0 aromatic heterocycles. The predicted molar refractivity (Wildman–Crippen MR) is 77.9 cm³/mol. The Morgan fingerprint density at radius 3 is 2.67 bits per heavy atom. The van der Waals surface area contributed by atoms with E-state index in [1.165, 1.54) is 11.1 Å². The van der Waals surface area contributed by atoms with Crippen molar-refractivity contribution in [3.63, 3.8) is 0 Å². The standard InChI is InChI=1S/C14H22N2OS/c1-10-5-6-11(2)12(7-10)18-8-13(17)16-9-14(3,4)15/h5-7H,8-9,15H2,1-4H3,(H,16,17). The molecule has 4 heteroatoms. The van der Waals surface area contributed by atoms with E-state index in [2.05, 4.69) is 37.4 Å². The molecule has 0 heterocycles.